The van der Waals surface area contributed by atoms with E-state index < -0.39 is 0 Å². The van der Waals surface area contributed by atoms with Gasteiger partial charge in [-0.1, -0.05) is 40.9 Å². The molecular weight excluding hydrogens is 305 g/mol. The number of pyridine rings is 1. The van der Waals surface area contributed by atoms with Gasteiger partial charge in [0.25, 0.3) is 0 Å². The van der Waals surface area contributed by atoms with Crippen LogP contribution in [0.1, 0.15) is 15.9 Å². The lowest BCUT2D eigenvalue weighted by Gasteiger charge is -1.99. The second kappa shape index (κ2) is 6.20. The van der Waals surface area contributed by atoms with Gasteiger partial charge < -0.3 is 0 Å². The van der Waals surface area contributed by atoms with E-state index in [1.54, 1.807) is 36.4 Å². The molecule has 2 nitrogen and oxygen atoms in total. The molecule has 0 aliphatic carbocycles. The third kappa shape index (κ3) is 3.80. The highest BCUT2D eigenvalue weighted by molar-refractivity contribution is 6.35. The zero-order valence-electron chi connectivity index (χ0n) is 9.61. The topological polar surface area (TPSA) is 30.0 Å². The van der Waals surface area contributed by atoms with Gasteiger partial charge in [0.2, 0.25) is 0 Å². The first-order valence-electron chi connectivity index (χ1n) is 5.35. The summed E-state index contributed by atoms with van der Waals surface area (Å²) in [6, 6.07) is 8.26. The largest absolute Gasteiger partial charge is 0.289 e. The van der Waals surface area contributed by atoms with E-state index in [4.69, 9.17) is 34.8 Å². The number of hydrogen-bond donors (Lipinski definition) is 0. The standard InChI is InChI=1S/C14H8Cl3NO/c15-11-4-1-9(12(16)7-11)2-5-13(19)10-3-6-14(17)18-8-10/h1-8H/b5-2+. The van der Waals surface area contributed by atoms with Gasteiger partial charge in [0.1, 0.15) is 5.15 Å². The number of nitrogens with zero attached hydrogens (tertiary/aromatic N) is 1. The Bertz CT molecular complexity index is 636. The molecule has 2 rings (SSSR count). The molecule has 0 aliphatic heterocycles. The summed E-state index contributed by atoms with van der Waals surface area (Å²) in [7, 11) is 0. The van der Waals surface area contributed by atoms with Gasteiger partial charge in [0.15, 0.2) is 5.78 Å². The van der Waals surface area contributed by atoms with Crippen LogP contribution in [-0.4, -0.2) is 10.8 Å². The van der Waals surface area contributed by atoms with Crippen molar-refractivity contribution in [2.45, 2.75) is 0 Å². The van der Waals surface area contributed by atoms with Crippen molar-refractivity contribution in [2.75, 3.05) is 0 Å². The fourth-order valence-corrected chi connectivity index (χ4v) is 2.00. The van der Waals surface area contributed by atoms with Crippen molar-refractivity contribution in [2.24, 2.45) is 0 Å². The van der Waals surface area contributed by atoms with Gasteiger partial charge in [-0.3, -0.25) is 4.79 Å². The molecule has 0 radical (unpaired) electrons. The van der Waals surface area contributed by atoms with Gasteiger partial charge in [-0.15, -0.1) is 0 Å². The molecule has 0 aliphatic rings. The van der Waals surface area contributed by atoms with E-state index in [0.29, 0.717) is 20.8 Å². The average molecular weight is 313 g/mol. The zero-order chi connectivity index (χ0) is 13.8. The fraction of sp³-hybridized carbons (Fsp3) is 0. The predicted octanol–water partition coefficient (Wildman–Crippen LogP) is 4.94. The van der Waals surface area contributed by atoms with E-state index >= 15 is 0 Å². The summed E-state index contributed by atoms with van der Waals surface area (Å²) >= 11 is 17.5. The van der Waals surface area contributed by atoms with E-state index in [9.17, 15) is 4.79 Å². The maximum Gasteiger partial charge on any atom is 0.187 e. The van der Waals surface area contributed by atoms with Gasteiger partial charge in [-0.25, -0.2) is 4.98 Å². The first kappa shape index (κ1) is 14.1. The smallest absolute Gasteiger partial charge is 0.187 e. The highest BCUT2D eigenvalue weighted by atomic mass is 35.5. The lowest BCUT2D eigenvalue weighted by Crippen LogP contribution is -1.94. The quantitative estimate of drug-likeness (QED) is 0.456. The Balaban J connectivity index is 2.18. The molecule has 0 atom stereocenters. The van der Waals surface area contributed by atoms with Crippen LogP contribution in [0.4, 0.5) is 0 Å². The minimum atomic E-state index is -0.171. The highest BCUT2D eigenvalue weighted by Gasteiger charge is 2.03. The summed E-state index contributed by atoms with van der Waals surface area (Å²) in [5.74, 6) is -0.171. The average Bonchev–Trinajstić information content (AvgIpc) is 2.38. The van der Waals surface area contributed by atoms with Crippen LogP contribution in [0.3, 0.4) is 0 Å². The summed E-state index contributed by atoms with van der Waals surface area (Å²) in [4.78, 5) is 15.7. The van der Waals surface area contributed by atoms with Crippen molar-refractivity contribution >= 4 is 46.7 Å². The Morgan fingerprint density at radius 1 is 1.11 bits per heavy atom. The highest BCUT2D eigenvalue weighted by Crippen LogP contribution is 2.22. The monoisotopic (exact) mass is 311 g/mol. The Kier molecular flexibility index (Phi) is 4.59. The molecule has 0 amide bonds. The molecule has 19 heavy (non-hydrogen) atoms. The van der Waals surface area contributed by atoms with E-state index in [1.165, 1.54) is 12.3 Å². The Morgan fingerprint density at radius 2 is 1.89 bits per heavy atom. The number of carbonyl (C=O) groups is 1. The maximum absolute atomic E-state index is 11.9. The minimum absolute atomic E-state index is 0.171. The molecule has 0 N–H and O–H groups in total. The number of hydrogen-bond acceptors (Lipinski definition) is 2. The fourth-order valence-electron chi connectivity index (χ4n) is 1.42. The van der Waals surface area contributed by atoms with E-state index in [0.717, 1.165) is 5.56 Å². The second-order valence-corrected chi connectivity index (χ2v) is 4.96. The minimum Gasteiger partial charge on any atom is -0.289 e. The van der Waals surface area contributed by atoms with Gasteiger partial charge in [-0.05, 0) is 42.0 Å². The molecule has 0 bridgehead atoms. The Labute approximate surface area is 125 Å². The normalized spacial score (nSPS) is 10.9. The maximum atomic E-state index is 11.9. The molecule has 2 aromatic rings. The Hall–Kier alpha value is -1.35. The number of benzene rings is 1. The van der Waals surface area contributed by atoms with Crippen LogP contribution in [0.5, 0.6) is 0 Å². The lowest BCUT2D eigenvalue weighted by atomic mass is 10.1. The van der Waals surface area contributed by atoms with E-state index in [1.807, 2.05) is 0 Å². The van der Waals surface area contributed by atoms with E-state index in [2.05, 4.69) is 4.98 Å². The molecule has 1 aromatic heterocycles. The first-order chi connectivity index (χ1) is 9.06. The zero-order valence-corrected chi connectivity index (χ0v) is 11.9. The van der Waals surface area contributed by atoms with Crippen molar-refractivity contribution in [1.29, 1.82) is 0 Å². The van der Waals surface area contributed by atoms with E-state index in [-0.39, 0.29) is 5.78 Å². The van der Waals surface area contributed by atoms with Crippen LogP contribution in [0.25, 0.3) is 6.08 Å². The molecule has 0 unspecified atom stereocenters. The number of aromatic nitrogens is 1. The molecule has 0 spiro atoms. The summed E-state index contributed by atoms with van der Waals surface area (Å²) in [6.07, 6.45) is 4.49. The Morgan fingerprint density at radius 3 is 2.53 bits per heavy atom. The van der Waals surface area contributed by atoms with Crippen LogP contribution in [0.2, 0.25) is 15.2 Å². The number of halogens is 3. The number of allylic oxidation sites excluding steroid dienone is 1. The van der Waals surface area contributed by atoms with Crippen molar-refractivity contribution in [3.05, 3.63) is 68.9 Å². The van der Waals surface area contributed by atoms with Crippen LogP contribution < -0.4 is 0 Å². The third-order valence-corrected chi connectivity index (χ3v) is 3.17. The summed E-state index contributed by atoms with van der Waals surface area (Å²) < 4.78 is 0. The van der Waals surface area contributed by atoms with Gasteiger partial charge in [-0.2, -0.15) is 0 Å². The number of rotatable bonds is 3. The van der Waals surface area contributed by atoms with Crippen LogP contribution in [0.15, 0.2) is 42.6 Å². The van der Waals surface area contributed by atoms with Crippen molar-refractivity contribution < 1.29 is 4.79 Å². The van der Waals surface area contributed by atoms with Crippen molar-refractivity contribution in [3.8, 4) is 0 Å². The first-order valence-corrected chi connectivity index (χ1v) is 6.48. The molecular formula is C14H8Cl3NO. The molecule has 0 saturated carbocycles. The number of ketones is 1. The molecule has 0 saturated heterocycles. The lowest BCUT2D eigenvalue weighted by molar-refractivity contribution is 0.104. The van der Waals surface area contributed by atoms with Crippen LogP contribution in [-0.2, 0) is 0 Å². The van der Waals surface area contributed by atoms with Crippen molar-refractivity contribution in [1.82, 2.24) is 4.98 Å². The molecule has 5 heteroatoms. The third-order valence-electron chi connectivity index (χ3n) is 2.39. The molecule has 96 valence electrons. The SMILES string of the molecule is O=C(/C=C/c1ccc(Cl)cc1Cl)c1ccc(Cl)nc1. The molecule has 1 aromatic carbocycles. The van der Waals surface area contributed by atoms with Crippen molar-refractivity contribution in [3.63, 3.8) is 0 Å². The van der Waals surface area contributed by atoms with Crippen LogP contribution >= 0.6 is 34.8 Å². The summed E-state index contributed by atoms with van der Waals surface area (Å²) in [6.45, 7) is 0. The molecule has 1 heterocycles. The number of carbonyl (C=O) groups excluding carboxylic acids is 1. The summed E-state index contributed by atoms with van der Waals surface area (Å²) in [5, 5.41) is 1.39. The second-order valence-electron chi connectivity index (χ2n) is 3.73. The van der Waals surface area contributed by atoms with Crippen LogP contribution in [0, 0.1) is 0 Å². The summed E-state index contributed by atoms with van der Waals surface area (Å²) in [5.41, 5.74) is 1.19. The van der Waals surface area contributed by atoms with Gasteiger partial charge in [0, 0.05) is 21.8 Å². The van der Waals surface area contributed by atoms with Gasteiger partial charge >= 0.3 is 0 Å². The molecule has 0 fully saturated rings. The van der Waals surface area contributed by atoms with Gasteiger partial charge in [0.05, 0.1) is 0 Å². The predicted molar refractivity (Wildman–Crippen MR) is 79.1 cm³/mol.